The Morgan fingerprint density at radius 1 is 1.41 bits per heavy atom. The lowest BCUT2D eigenvalue weighted by Crippen LogP contribution is -2.11. The van der Waals surface area contributed by atoms with Crippen LogP contribution in [0.1, 0.15) is 16.7 Å². The first-order valence-corrected chi connectivity index (χ1v) is 4.94. The molecule has 0 saturated carbocycles. The molecule has 0 unspecified atom stereocenters. The monoisotopic (exact) mass is 239 g/mol. The van der Waals surface area contributed by atoms with E-state index in [1.807, 2.05) is 0 Å². The molecule has 0 amide bonds. The highest BCUT2D eigenvalue weighted by molar-refractivity contribution is 5.69. The largest absolute Gasteiger partial charge is 0.481 e. The third-order valence-electron chi connectivity index (χ3n) is 2.38. The van der Waals surface area contributed by atoms with E-state index in [1.165, 1.54) is 0 Å². The van der Waals surface area contributed by atoms with E-state index in [-0.39, 0.29) is 11.4 Å². The number of aryl methyl sites for hydroxylation is 2. The zero-order valence-corrected chi connectivity index (χ0v) is 9.81. The Morgan fingerprint density at radius 3 is 2.47 bits per heavy atom. The Hall–Kier alpha value is -2.11. The molecule has 6 heteroatoms. The molecule has 0 radical (unpaired) electrons. The Bertz CT molecular complexity index is 481. The van der Waals surface area contributed by atoms with Crippen molar-refractivity contribution in [2.75, 3.05) is 6.61 Å². The standard InChI is InChI=1S/C11H13NO5/c1-6-4-7(2)11(17-5-9(13)14)8(3)10(6)12(15)16/h4H,5H2,1-3H3,(H,13,14). The lowest BCUT2D eigenvalue weighted by atomic mass is 10.0. The molecule has 1 aromatic carbocycles. The number of hydrogen-bond acceptors (Lipinski definition) is 4. The van der Waals surface area contributed by atoms with Crippen LogP contribution in [0.2, 0.25) is 0 Å². The summed E-state index contributed by atoms with van der Waals surface area (Å²) < 4.78 is 5.07. The van der Waals surface area contributed by atoms with Gasteiger partial charge in [-0.1, -0.05) is 0 Å². The van der Waals surface area contributed by atoms with Gasteiger partial charge in [-0.15, -0.1) is 0 Å². The van der Waals surface area contributed by atoms with Gasteiger partial charge in [0.25, 0.3) is 5.69 Å². The summed E-state index contributed by atoms with van der Waals surface area (Å²) in [6, 6.07) is 1.61. The fraction of sp³-hybridized carbons (Fsp3) is 0.364. The topological polar surface area (TPSA) is 89.7 Å². The van der Waals surface area contributed by atoms with Crippen LogP contribution in [0, 0.1) is 30.9 Å². The van der Waals surface area contributed by atoms with E-state index < -0.39 is 17.5 Å². The molecule has 1 rings (SSSR count). The normalized spacial score (nSPS) is 10.1. The van der Waals surface area contributed by atoms with Crippen molar-refractivity contribution < 1.29 is 19.6 Å². The maximum absolute atomic E-state index is 10.9. The number of nitrogens with zero attached hydrogens (tertiary/aromatic N) is 1. The molecular weight excluding hydrogens is 226 g/mol. The maximum atomic E-state index is 10.9. The van der Waals surface area contributed by atoms with Gasteiger partial charge in [0, 0.05) is 5.56 Å². The van der Waals surface area contributed by atoms with E-state index in [2.05, 4.69) is 0 Å². The van der Waals surface area contributed by atoms with Crippen molar-refractivity contribution in [2.45, 2.75) is 20.8 Å². The molecule has 0 heterocycles. The van der Waals surface area contributed by atoms with Crippen LogP contribution < -0.4 is 4.74 Å². The Balaban J connectivity index is 3.25. The van der Waals surface area contributed by atoms with Crippen LogP contribution in [0.3, 0.4) is 0 Å². The van der Waals surface area contributed by atoms with Crippen LogP contribution in [0.4, 0.5) is 5.69 Å². The van der Waals surface area contributed by atoms with Gasteiger partial charge in [-0.05, 0) is 32.4 Å². The molecule has 0 spiro atoms. The third kappa shape index (κ3) is 2.72. The molecular formula is C11H13NO5. The van der Waals surface area contributed by atoms with E-state index in [9.17, 15) is 14.9 Å². The van der Waals surface area contributed by atoms with Crippen molar-refractivity contribution in [1.82, 2.24) is 0 Å². The number of carbonyl (C=O) groups is 1. The molecule has 92 valence electrons. The Labute approximate surface area is 98.0 Å². The second kappa shape index (κ2) is 4.82. The van der Waals surface area contributed by atoms with Gasteiger partial charge in [-0.2, -0.15) is 0 Å². The van der Waals surface area contributed by atoms with E-state index >= 15 is 0 Å². The molecule has 0 atom stereocenters. The highest BCUT2D eigenvalue weighted by Crippen LogP contribution is 2.34. The Morgan fingerprint density at radius 2 is 2.00 bits per heavy atom. The average Bonchev–Trinajstić information content (AvgIpc) is 2.14. The van der Waals surface area contributed by atoms with Gasteiger partial charge >= 0.3 is 5.97 Å². The molecule has 0 saturated heterocycles. The van der Waals surface area contributed by atoms with Crippen molar-refractivity contribution in [3.05, 3.63) is 32.9 Å². The number of benzene rings is 1. The van der Waals surface area contributed by atoms with E-state index in [4.69, 9.17) is 9.84 Å². The first-order chi connectivity index (χ1) is 7.84. The summed E-state index contributed by atoms with van der Waals surface area (Å²) in [5, 5.41) is 19.4. The number of hydrogen-bond donors (Lipinski definition) is 1. The summed E-state index contributed by atoms with van der Waals surface area (Å²) >= 11 is 0. The predicted octanol–water partition coefficient (Wildman–Crippen LogP) is 1.98. The number of nitro groups is 1. The summed E-state index contributed by atoms with van der Waals surface area (Å²) in [4.78, 5) is 20.8. The van der Waals surface area contributed by atoms with Crippen molar-refractivity contribution >= 4 is 11.7 Å². The third-order valence-corrected chi connectivity index (χ3v) is 2.38. The van der Waals surface area contributed by atoms with Crippen molar-refractivity contribution in [1.29, 1.82) is 0 Å². The van der Waals surface area contributed by atoms with Crippen molar-refractivity contribution in [3.63, 3.8) is 0 Å². The lowest BCUT2D eigenvalue weighted by molar-refractivity contribution is -0.386. The van der Waals surface area contributed by atoms with Crippen LogP contribution >= 0.6 is 0 Å². The quantitative estimate of drug-likeness (QED) is 0.641. The van der Waals surface area contributed by atoms with Crippen LogP contribution in [0.5, 0.6) is 5.75 Å². The number of aliphatic carboxylic acids is 1. The summed E-state index contributed by atoms with van der Waals surface area (Å²) in [5.74, 6) is -0.850. The minimum Gasteiger partial charge on any atom is -0.481 e. The van der Waals surface area contributed by atoms with E-state index in [0.717, 1.165) is 0 Å². The number of rotatable bonds is 4. The van der Waals surface area contributed by atoms with Gasteiger partial charge in [0.05, 0.1) is 10.5 Å². The first kappa shape index (κ1) is 13.0. The summed E-state index contributed by atoms with van der Waals surface area (Å²) in [5.41, 5.74) is 1.55. The fourth-order valence-electron chi connectivity index (χ4n) is 1.79. The number of carboxylic acids is 1. The molecule has 1 aromatic rings. The molecule has 0 aliphatic rings. The fourth-order valence-corrected chi connectivity index (χ4v) is 1.79. The van der Waals surface area contributed by atoms with Crippen molar-refractivity contribution in [2.24, 2.45) is 0 Å². The highest BCUT2D eigenvalue weighted by Gasteiger charge is 2.21. The SMILES string of the molecule is Cc1cc(C)c([N+](=O)[O-])c(C)c1OCC(=O)O. The van der Waals surface area contributed by atoms with Gasteiger partial charge in [0.15, 0.2) is 6.61 Å². The summed E-state index contributed by atoms with van der Waals surface area (Å²) in [6.07, 6.45) is 0. The van der Waals surface area contributed by atoms with Crippen molar-refractivity contribution in [3.8, 4) is 5.75 Å². The van der Waals surface area contributed by atoms with Gasteiger partial charge < -0.3 is 9.84 Å². The summed E-state index contributed by atoms with van der Waals surface area (Å²) in [7, 11) is 0. The zero-order valence-electron chi connectivity index (χ0n) is 9.81. The molecule has 1 N–H and O–H groups in total. The van der Waals surface area contributed by atoms with Gasteiger partial charge in [-0.3, -0.25) is 10.1 Å². The summed E-state index contributed by atoms with van der Waals surface area (Å²) in [6.45, 7) is 4.40. The zero-order chi connectivity index (χ0) is 13.2. The molecule has 0 bridgehead atoms. The lowest BCUT2D eigenvalue weighted by Gasteiger charge is -2.12. The van der Waals surface area contributed by atoms with Gasteiger partial charge in [0.1, 0.15) is 5.75 Å². The first-order valence-electron chi connectivity index (χ1n) is 4.94. The smallest absolute Gasteiger partial charge is 0.341 e. The van der Waals surface area contributed by atoms with Gasteiger partial charge in [0.2, 0.25) is 0 Å². The highest BCUT2D eigenvalue weighted by atomic mass is 16.6. The molecule has 17 heavy (non-hydrogen) atoms. The van der Waals surface area contributed by atoms with Crippen LogP contribution in [-0.2, 0) is 4.79 Å². The van der Waals surface area contributed by atoms with Crippen LogP contribution in [0.25, 0.3) is 0 Å². The second-order valence-corrected chi connectivity index (χ2v) is 3.75. The number of nitro benzene ring substituents is 1. The maximum Gasteiger partial charge on any atom is 0.341 e. The molecule has 0 fully saturated rings. The molecule has 6 nitrogen and oxygen atoms in total. The van der Waals surface area contributed by atoms with Gasteiger partial charge in [-0.25, -0.2) is 4.79 Å². The van der Waals surface area contributed by atoms with Crippen LogP contribution in [-0.4, -0.2) is 22.6 Å². The second-order valence-electron chi connectivity index (χ2n) is 3.75. The Kier molecular flexibility index (Phi) is 3.67. The molecule has 0 aromatic heterocycles. The van der Waals surface area contributed by atoms with E-state index in [1.54, 1.807) is 26.8 Å². The minimum atomic E-state index is -1.12. The minimum absolute atomic E-state index is 0.0315. The molecule has 0 aliphatic heterocycles. The van der Waals surface area contributed by atoms with E-state index in [0.29, 0.717) is 16.7 Å². The van der Waals surface area contributed by atoms with Crippen LogP contribution in [0.15, 0.2) is 6.07 Å². The average molecular weight is 239 g/mol. The predicted molar refractivity (Wildman–Crippen MR) is 60.4 cm³/mol. The molecule has 0 aliphatic carbocycles. The number of carboxylic acid groups (broad SMARTS) is 1. The number of ether oxygens (including phenoxy) is 1.